The molecule has 146 valence electrons. The molecule has 0 saturated carbocycles. The van der Waals surface area contributed by atoms with Crippen LogP contribution in [0.1, 0.15) is 25.1 Å². The summed E-state index contributed by atoms with van der Waals surface area (Å²) in [6.45, 7) is 12.5. The fourth-order valence-corrected chi connectivity index (χ4v) is 3.56. The Morgan fingerprint density at radius 1 is 1.19 bits per heavy atom. The number of rotatable bonds is 6. The molecule has 27 heavy (non-hydrogen) atoms. The molecule has 1 aliphatic heterocycles. The van der Waals surface area contributed by atoms with Gasteiger partial charge < -0.3 is 15.0 Å². The van der Waals surface area contributed by atoms with Gasteiger partial charge in [0.1, 0.15) is 5.75 Å². The van der Waals surface area contributed by atoms with Gasteiger partial charge in [-0.25, -0.2) is 0 Å². The van der Waals surface area contributed by atoms with Crippen LogP contribution in [0.3, 0.4) is 0 Å². The maximum atomic E-state index is 5.67. The summed E-state index contributed by atoms with van der Waals surface area (Å²) in [4.78, 5) is 4.70. The van der Waals surface area contributed by atoms with Crippen molar-refractivity contribution in [3.8, 4) is 5.75 Å². The molecule has 0 bridgehead atoms. The summed E-state index contributed by atoms with van der Waals surface area (Å²) in [5, 5.41) is 8.66. The zero-order valence-electron chi connectivity index (χ0n) is 16.4. The minimum Gasteiger partial charge on any atom is -0.492 e. The number of nitrogens with one attached hydrogen (secondary N) is 1. The van der Waals surface area contributed by atoms with Crippen molar-refractivity contribution in [2.24, 2.45) is 0 Å². The molecule has 0 atom stereocenters. The molecule has 1 aromatic heterocycles. The first-order valence-electron chi connectivity index (χ1n) is 9.63. The Balaban J connectivity index is 1.53. The van der Waals surface area contributed by atoms with Crippen molar-refractivity contribution >= 4 is 23.0 Å². The van der Waals surface area contributed by atoms with E-state index in [1.165, 1.54) is 5.56 Å². The third-order valence-corrected chi connectivity index (χ3v) is 5.21. The highest BCUT2D eigenvalue weighted by Crippen LogP contribution is 2.24. The van der Waals surface area contributed by atoms with Crippen LogP contribution in [-0.4, -0.2) is 57.5 Å². The van der Waals surface area contributed by atoms with E-state index in [0.717, 1.165) is 61.5 Å². The first-order chi connectivity index (χ1) is 13.1. The van der Waals surface area contributed by atoms with Gasteiger partial charge in [0.05, 0.1) is 18.0 Å². The topological polar surface area (TPSA) is 45.6 Å². The maximum absolute atomic E-state index is 5.67. The van der Waals surface area contributed by atoms with E-state index in [-0.39, 0.29) is 0 Å². The molecule has 0 radical (unpaired) electrons. The van der Waals surface area contributed by atoms with Crippen LogP contribution in [0.15, 0.2) is 30.5 Å². The monoisotopic (exact) mass is 387 g/mol. The molecule has 1 fully saturated rings. The van der Waals surface area contributed by atoms with Gasteiger partial charge in [0.25, 0.3) is 0 Å². The lowest BCUT2D eigenvalue weighted by Gasteiger charge is -2.36. The Kier molecular flexibility index (Phi) is 6.68. The molecule has 0 aliphatic carbocycles. The van der Waals surface area contributed by atoms with Crippen LogP contribution in [0.2, 0.25) is 0 Å². The fraction of sp³-hybridized carbons (Fsp3) is 0.500. The van der Waals surface area contributed by atoms with Crippen LogP contribution in [0.4, 0.5) is 5.69 Å². The summed E-state index contributed by atoms with van der Waals surface area (Å²) >= 11 is 5.64. The Hall–Kier alpha value is -2.12. The number of hydrogen-bond donors (Lipinski definition) is 1. The number of piperazine rings is 1. The summed E-state index contributed by atoms with van der Waals surface area (Å²) < 4.78 is 7.68. The Labute approximate surface area is 167 Å². The molecule has 3 rings (SSSR count). The molecule has 1 saturated heterocycles. The molecule has 6 nitrogen and oxygen atoms in total. The van der Waals surface area contributed by atoms with Crippen molar-refractivity contribution in [1.29, 1.82) is 0 Å². The summed E-state index contributed by atoms with van der Waals surface area (Å²) in [6.07, 6.45) is 2.17. The Bertz CT molecular complexity index is 767. The molecule has 7 heteroatoms. The quantitative estimate of drug-likeness (QED) is 0.769. The number of aromatic nitrogens is 2. The normalized spacial score (nSPS) is 15.0. The van der Waals surface area contributed by atoms with Gasteiger partial charge in [0.2, 0.25) is 0 Å². The van der Waals surface area contributed by atoms with Crippen LogP contribution in [0.5, 0.6) is 5.75 Å². The molecular weight excluding hydrogens is 358 g/mol. The van der Waals surface area contributed by atoms with Crippen molar-refractivity contribution in [2.45, 2.75) is 33.9 Å². The lowest BCUT2D eigenvalue weighted by atomic mass is 10.2. The van der Waals surface area contributed by atoms with Gasteiger partial charge in [-0.15, -0.1) is 0 Å². The van der Waals surface area contributed by atoms with Crippen molar-refractivity contribution in [2.75, 3.05) is 38.1 Å². The predicted molar refractivity (Wildman–Crippen MR) is 113 cm³/mol. The van der Waals surface area contributed by atoms with Crippen LogP contribution in [-0.2, 0) is 13.1 Å². The number of thiocarbonyl (C=S) groups is 1. The highest BCUT2D eigenvalue weighted by molar-refractivity contribution is 7.80. The van der Waals surface area contributed by atoms with E-state index in [2.05, 4.69) is 40.3 Å². The zero-order chi connectivity index (χ0) is 19.2. The number of hydrogen-bond acceptors (Lipinski definition) is 4. The van der Waals surface area contributed by atoms with Crippen molar-refractivity contribution < 1.29 is 4.74 Å². The molecule has 0 amide bonds. The highest BCUT2D eigenvalue weighted by Gasteiger charge is 2.20. The number of para-hydroxylation sites is 2. The summed E-state index contributed by atoms with van der Waals surface area (Å²) in [5.74, 6) is 0.837. The van der Waals surface area contributed by atoms with Crippen LogP contribution < -0.4 is 10.1 Å². The predicted octanol–water partition coefficient (Wildman–Crippen LogP) is 3.12. The van der Waals surface area contributed by atoms with Gasteiger partial charge >= 0.3 is 0 Å². The first-order valence-corrected chi connectivity index (χ1v) is 10.0. The number of aryl methyl sites for hydroxylation is 2. The average Bonchev–Trinajstić information content (AvgIpc) is 3.04. The van der Waals surface area contributed by atoms with Gasteiger partial charge in [-0.1, -0.05) is 12.1 Å². The first kappa shape index (κ1) is 19.6. The number of ether oxygens (including phenoxy) is 1. The molecule has 2 heterocycles. The van der Waals surface area contributed by atoms with Crippen LogP contribution >= 0.6 is 12.2 Å². The maximum Gasteiger partial charge on any atom is 0.173 e. The average molecular weight is 388 g/mol. The SMILES string of the molecule is CCOc1ccccc1NC(=S)N1CCN(Cc2cn(CC)nc2C)CC1. The van der Waals surface area contributed by atoms with E-state index in [9.17, 15) is 0 Å². The molecular formula is C20H29N5OS. The smallest absolute Gasteiger partial charge is 0.173 e. The lowest BCUT2D eigenvalue weighted by molar-refractivity contribution is 0.176. The van der Waals surface area contributed by atoms with Gasteiger partial charge in [-0.2, -0.15) is 5.10 Å². The van der Waals surface area contributed by atoms with E-state index >= 15 is 0 Å². The molecule has 2 aromatic rings. The lowest BCUT2D eigenvalue weighted by Crippen LogP contribution is -2.49. The molecule has 0 spiro atoms. The van der Waals surface area contributed by atoms with E-state index in [0.29, 0.717) is 6.61 Å². The van der Waals surface area contributed by atoms with E-state index in [4.69, 9.17) is 17.0 Å². The van der Waals surface area contributed by atoms with Crippen molar-refractivity contribution in [1.82, 2.24) is 19.6 Å². The molecule has 0 unspecified atom stereocenters. The molecule has 1 N–H and O–H groups in total. The molecule has 1 aliphatic rings. The van der Waals surface area contributed by atoms with E-state index in [1.807, 2.05) is 35.9 Å². The minimum absolute atomic E-state index is 0.637. The number of nitrogens with zero attached hydrogens (tertiary/aromatic N) is 4. The number of anilines is 1. The van der Waals surface area contributed by atoms with E-state index < -0.39 is 0 Å². The van der Waals surface area contributed by atoms with Gasteiger partial charge in [-0.3, -0.25) is 9.58 Å². The molecule has 1 aromatic carbocycles. The fourth-order valence-electron chi connectivity index (χ4n) is 3.27. The van der Waals surface area contributed by atoms with Crippen molar-refractivity contribution in [3.63, 3.8) is 0 Å². The second-order valence-electron chi connectivity index (χ2n) is 6.72. The summed E-state index contributed by atoms with van der Waals surface area (Å²) in [7, 11) is 0. The van der Waals surface area contributed by atoms with Crippen molar-refractivity contribution in [3.05, 3.63) is 41.7 Å². The second-order valence-corrected chi connectivity index (χ2v) is 7.10. The third kappa shape index (κ3) is 4.99. The Morgan fingerprint density at radius 3 is 2.59 bits per heavy atom. The van der Waals surface area contributed by atoms with Crippen LogP contribution in [0.25, 0.3) is 0 Å². The van der Waals surface area contributed by atoms with Gasteiger partial charge in [-0.05, 0) is 45.1 Å². The third-order valence-electron chi connectivity index (χ3n) is 4.85. The van der Waals surface area contributed by atoms with E-state index in [1.54, 1.807) is 0 Å². The number of benzene rings is 1. The van der Waals surface area contributed by atoms with Crippen LogP contribution in [0, 0.1) is 6.92 Å². The second kappa shape index (κ2) is 9.19. The highest BCUT2D eigenvalue weighted by atomic mass is 32.1. The summed E-state index contributed by atoms with van der Waals surface area (Å²) in [6, 6.07) is 7.93. The minimum atomic E-state index is 0.637. The van der Waals surface area contributed by atoms with Gasteiger partial charge in [0, 0.05) is 51.0 Å². The van der Waals surface area contributed by atoms with Gasteiger partial charge in [0.15, 0.2) is 5.11 Å². The Morgan fingerprint density at radius 2 is 1.93 bits per heavy atom. The standard InChI is InChI=1S/C20H29N5OS/c1-4-25-15-17(16(3)22-25)14-23-10-12-24(13-11-23)20(27)21-18-8-6-7-9-19(18)26-5-2/h6-9,15H,4-5,10-14H2,1-3H3,(H,21,27). The largest absolute Gasteiger partial charge is 0.492 e. The zero-order valence-corrected chi connectivity index (χ0v) is 17.3. The summed E-state index contributed by atoms with van der Waals surface area (Å²) in [5.41, 5.74) is 3.37.